The van der Waals surface area contributed by atoms with Crippen LogP contribution in [-0.4, -0.2) is 42.4 Å². The van der Waals surface area contributed by atoms with E-state index in [0.29, 0.717) is 29.4 Å². The molecule has 19 heavy (non-hydrogen) atoms. The zero-order chi connectivity index (χ0) is 14.1. The van der Waals surface area contributed by atoms with Gasteiger partial charge < -0.3 is 20.3 Å². The van der Waals surface area contributed by atoms with Crippen LogP contribution in [0.2, 0.25) is 0 Å². The number of anilines is 1. The minimum Gasteiger partial charge on any atom is -0.489 e. The van der Waals surface area contributed by atoms with Gasteiger partial charge >= 0.3 is 5.97 Å². The Labute approximate surface area is 117 Å². The number of para-hydroxylation sites is 2. The van der Waals surface area contributed by atoms with Crippen LogP contribution in [0.15, 0.2) is 24.3 Å². The van der Waals surface area contributed by atoms with Crippen LogP contribution in [0.5, 0.6) is 5.75 Å². The Hall–Kier alpha value is -1.40. The van der Waals surface area contributed by atoms with Crippen LogP contribution in [0.25, 0.3) is 0 Å². The van der Waals surface area contributed by atoms with Crippen molar-refractivity contribution in [3.63, 3.8) is 0 Å². The zero-order valence-corrected chi connectivity index (χ0v) is 11.7. The molecule has 106 valence electrons. The Morgan fingerprint density at radius 2 is 2.21 bits per heavy atom. The number of carbonyl (C=O) groups excluding carboxylic acids is 1. The highest BCUT2D eigenvalue weighted by Crippen LogP contribution is 2.20. The predicted octanol–water partition coefficient (Wildman–Crippen LogP) is 1.30. The molecule has 5 nitrogen and oxygen atoms in total. The highest BCUT2D eigenvalue weighted by atomic mass is 32.2. The number of esters is 1. The van der Waals surface area contributed by atoms with Crippen molar-refractivity contribution in [2.75, 3.05) is 31.0 Å². The maximum Gasteiger partial charge on any atom is 0.306 e. The lowest BCUT2D eigenvalue weighted by Gasteiger charge is -2.13. The van der Waals surface area contributed by atoms with Crippen LogP contribution in [-0.2, 0) is 9.53 Å². The molecule has 0 saturated heterocycles. The molecular formula is C13H19NO4S. The third-order valence-corrected chi connectivity index (χ3v) is 3.45. The van der Waals surface area contributed by atoms with E-state index in [1.807, 2.05) is 12.1 Å². The number of aliphatic hydroxyl groups excluding tert-OH is 1. The van der Waals surface area contributed by atoms with Crippen molar-refractivity contribution in [3.05, 3.63) is 24.3 Å². The molecule has 1 unspecified atom stereocenters. The van der Waals surface area contributed by atoms with Crippen molar-refractivity contribution in [2.45, 2.75) is 12.5 Å². The van der Waals surface area contributed by atoms with E-state index in [2.05, 4.69) is 4.74 Å². The van der Waals surface area contributed by atoms with Crippen molar-refractivity contribution in [1.82, 2.24) is 0 Å². The van der Waals surface area contributed by atoms with E-state index in [4.69, 9.17) is 10.5 Å². The molecule has 0 aliphatic heterocycles. The molecule has 0 bridgehead atoms. The van der Waals surface area contributed by atoms with Crippen LogP contribution >= 0.6 is 11.8 Å². The van der Waals surface area contributed by atoms with Crippen molar-refractivity contribution in [3.8, 4) is 5.75 Å². The first kappa shape index (κ1) is 15.7. The number of methoxy groups -OCH3 is 1. The lowest BCUT2D eigenvalue weighted by atomic mass is 10.3. The first-order chi connectivity index (χ1) is 9.13. The van der Waals surface area contributed by atoms with Gasteiger partial charge in [-0.1, -0.05) is 12.1 Å². The predicted molar refractivity (Wildman–Crippen MR) is 76.3 cm³/mol. The van der Waals surface area contributed by atoms with Gasteiger partial charge in [0, 0.05) is 11.5 Å². The molecule has 0 aromatic heterocycles. The molecule has 1 aromatic rings. The average Bonchev–Trinajstić information content (AvgIpc) is 2.42. The van der Waals surface area contributed by atoms with Crippen molar-refractivity contribution in [2.24, 2.45) is 0 Å². The summed E-state index contributed by atoms with van der Waals surface area (Å²) in [4.78, 5) is 10.9. The largest absolute Gasteiger partial charge is 0.489 e. The summed E-state index contributed by atoms with van der Waals surface area (Å²) in [5, 5.41) is 9.72. The molecule has 0 radical (unpaired) electrons. The fraction of sp³-hybridized carbons (Fsp3) is 0.462. The SMILES string of the molecule is COC(=O)CCSCC(O)COc1ccccc1N. The van der Waals surface area contributed by atoms with Gasteiger partial charge in [0.05, 0.1) is 25.3 Å². The second-order valence-electron chi connectivity index (χ2n) is 3.90. The third-order valence-electron chi connectivity index (χ3n) is 2.34. The van der Waals surface area contributed by atoms with E-state index >= 15 is 0 Å². The summed E-state index contributed by atoms with van der Waals surface area (Å²) in [6.07, 6.45) is -0.248. The number of benzene rings is 1. The molecule has 0 aliphatic rings. The van der Waals surface area contributed by atoms with Crippen molar-refractivity contribution < 1.29 is 19.4 Å². The molecule has 0 amide bonds. The van der Waals surface area contributed by atoms with Gasteiger partial charge in [-0.25, -0.2) is 0 Å². The minimum atomic E-state index is -0.595. The Kier molecular flexibility index (Phi) is 7.14. The summed E-state index contributed by atoms with van der Waals surface area (Å²) in [6.45, 7) is 0.180. The normalized spacial score (nSPS) is 11.9. The van der Waals surface area contributed by atoms with Gasteiger partial charge in [-0.15, -0.1) is 0 Å². The van der Waals surface area contributed by atoms with E-state index in [9.17, 15) is 9.90 Å². The number of nitrogen functional groups attached to an aromatic ring is 1. The Bertz CT molecular complexity index is 400. The van der Waals surface area contributed by atoms with E-state index in [1.54, 1.807) is 12.1 Å². The Balaban J connectivity index is 2.16. The molecule has 1 aromatic carbocycles. The van der Waals surface area contributed by atoms with Gasteiger partial charge in [0.15, 0.2) is 0 Å². The maximum absolute atomic E-state index is 10.9. The summed E-state index contributed by atoms with van der Waals surface area (Å²) in [5.41, 5.74) is 6.26. The maximum atomic E-state index is 10.9. The first-order valence-corrected chi connectivity index (χ1v) is 7.09. The second-order valence-corrected chi connectivity index (χ2v) is 5.05. The fourth-order valence-electron chi connectivity index (χ4n) is 1.32. The topological polar surface area (TPSA) is 81.8 Å². The number of thioether (sulfide) groups is 1. The van der Waals surface area contributed by atoms with Crippen molar-refractivity contribution >= 4 is 23.4 Å². The van der Waals surface area contributed by atoms with Crippen LogP contribution in [0.3, 0.4) is 0 Å². The lowest BCUT2D eigenvalue weighted by Crippen LogP contribution is -2.20. The van der Waals surface area contributed by atoms with E-state index in [1.165, 1.54) is 18.9 Å². The Morgan fingerprint density at radius 1 is 1.47 bits per heavy atom. The third kappa shape index (κ3) is 6.35. The summed E-state index contributed by atoms with van der Waals surface area (Å²) in [6, 6.07) is 7.14. The molecule has 3 N–H and O–H groups in total. The molecule has 0 spiro atoms. The number of rotatable bonds is 8. The van der Waals surface area contributed by atoms with Gasteiger partial charge in [-0.3, -0.25) is 4.79 Å². The summed E-state index contributed by atoms with van der Waals surface area (Å²) < 4.78 is 9.94. The van der Waals surface area contributed by atoms with Crippen LogP contribution in [0, 0.1) is 0 Å². The molecule has 6 heteroatoms. The van der Waals surface area contributed by atoms with Gasteiger partial charge in [-0.05, 0) is 12.1 Å². The summed E-state index contributed by atoms with van der Waals surface area (Å²) in [5.74, 6) is 1.46. The molecule has 0 saturated carbocycles. The fourth-order valence-corrected chi connectivity index (χ4v) is 2.17. The van der Waals surface area contributed by atoms with E-state index in [-0.39, 0.29) is 12.6 Å². The van der Waals surface area contributed by atoms with Crippen LogP contribution in [0.4, 0.5) is 5.69 Å². The monoisotopic (exact) mass is 285 g/mol. The summed E-state index contributed by atoms with van der Waals surface area (Å²) >= 11 is 1.48. The van der Waals surface area contributed by atoms with Gasteiger partial charge in [0.2, 0.25) is 0 Å². The molecule has 0 fully saturated rings. The number of carbonyl (C=O) groups is 1. The molecule has 1 atom stereocenters. The number of ether oxygens (including phenoxy) is 2. The first-order valence-electron chi connectivity index (χ1n) is 5.93. The average molecular weight is 285 g/mol. The van der Waals surface area contributed by atoms with E-state index in [0.717, 1.165) is 0 Å². The van der Waals surface area contributed by atoms with Crippen molar-refractivity contribution in [1.29, 1.82) is 0 Å². The molecular weight excluding hydrogens is 266 g/mol. The highest BCUT2D eigenvalue weighted by Gasteiger charge is 2.08. The number of hydrogen-bond acceptors (Lipinski definition) is 6. The zero-order valence-electron chi connectivity index (χ0n) is 10.9. The quantitative estimate of drug-likeness (QED) is 0.426. The second kappa shape index (κ2) is 8.66. The number of hydrogen-bond donors (Lipinski definition) is 2. The number of nitrogens with two attached hydrogens (primary N) is 1. The standard InChI is InChI=1S/C13H19NO4S/c1-17-13(16)6-7-19-9-10(15)8-18-12-5-3-2-4-11(12)14/h2-5,10,15H,6-9,14H2,1H3. The van der Waals surface area contributed by atoms with Gasteiger partial charge in [0.25, 0.3) is 0 Å². The number of aliphatic hydroxyl groups is 1. The molecule has 1 rings (SSSR count). The van der Waals surface area contributed by atoms with E-state index < -0.39 is 6.10 Å². The van der Waals surface area contributed by atoms with Gasteiger partial charge in [-0.2, -0.15) is 11.8 Å². The van der Waals surface area contributed by atoms with Crippen LogP contribution in [0.1, 0.15) is 6.42 Å². The lowest BCUT2D eigenvalue weighted by molar-refractivity contribution is -0.140. The summed E-state index contributed by atoms with van der Waals surface area (Å²) in [7, 11) is 1.36. The molecule has 0 heterocycles. The highest BCUT2D eigenvalue weighted by molar-refractivity contribution is 7.99. The van der Waals surface area contributed by atoms with Crippen LogP contribution < -0.4 is 10.5 Å². The smallest absolute Gasteiger partial charge is 0.306 e. The Morgan fingerprint density at radius 3 is 2.89 bits per heavy atom. The molecule has 0 aliphatic carbocycles. The minimum absolute atomic E-state index is 0.180. The van der Waals surface area contributed by atoms with Gasteiger partial charge in [0.1, 0.15) is 12.4 Å².